The Morgan fingerprint density at radius 2 is 1.87 bits per heavy atom. The SMILES string of the molecule is O=C([C]1[CH][CH][CH][CH]1)/C(=C\c1ccc([N+](=O)[O-])cc1)n1cncn1. The second-order valence-corrected chi connectivity index (χ2v) is 4.72. The zero-order valence-electron chi connectivity index (χ0n) is 11.9. The maximum Gasteiger partial charge on any atom is 0.269 e. The standard InChI is InChI=1S/C16H11N4O3/c21-16(13-3-1-2-4-13)15(19-11-17-10-18-19)9-12-5-7-14(8-6-12)20(22)23/h1-11H/b15-9+. The van der Waals surface area contributed by atoms with Gasteiger partial charge in [0.15, 0.2) is 5.78 Å². The Kier molecular flexibility index (Phi) is 4.27. The van der Waals surface area contributed by atoms with Crippen molar-refractivity contribution in [2.24, 2.45) is 0 Å². The molecule has 0 bridgehead atoms. The molecular formula is C16H11N4O3. The van der Waals surface area contributed by atoms with Gasteiger partial charge in [0.1, 0.15) is 18.4 Å². The predicted octanol–water partition coefficient (Wildman–Crippen LogP) is 2.16. The highest BCUT2D eigenvalue weighted by molar-refractivity contribution is 6.27. The largest absolute Gasteiger partial charge is 0.292 e. The summed E-state index contributed by atoms with van der Waals surface area (Å²) < 4.78 is 1.37. The summed E-state index contributed by atoms with van der Waals surface area (Å²) in [5.74, 6) is 0.326. The first-order chi connectivity index (χ1) is 11.1. The quantitative estimate of drug-likeness (QED) is 0.479. The third kappa shape index (κ3) is 3.33. The molecule has 1 aliphatic rings. The Hall–Kier alpha value is -2.83. The van der Waals surface area contributed by atoms with Crippen LogP contribution in [-0.2, 0) is 4.79 Å². The molecule has 0 N–H and O–H groups in total. The number of aromatic nitrogens is 3. The summed E-state index contributed by atoms with van der Waals surface area (Å²) in [6.07, 6.45) is 11.4. The number of carbonyl (C=O) groups excluding carboxylic acids is 1. The molecule has 0 spiro atoms. The molecule has 0 unspecified atom stereocenters. The van der Waals surface area contributed by atoms with Gasteiger partial charge in [0.05, 0.1) is 10.8 Å². The van der Waals surface area contributed by atoms with Gasteiger partial charge < -0.3 is 0 Å². The number of ketones is 1. The first-order valence-corrected chi connectivity index (χ1v) is 6.73. The molecule has 23 heavy (non-hydrogen) atoms. The Balaban J connectivity index is 1.94. The van der Waals surface area contributed by atoms with E-state index in [0.717, 1.165) is 0 Å². The van der Waals surface area contributed by atoms with Crippen LogP contribution in [0.15, 0.2) is 36.9 Å². The Morgan fingerprint density at radius 3 is 2.43 bits per heavy atom. The third-order valence-electron chi connectivity index (χ3n) is 3.23. The zero-order valence-corrected chi connectivity index (χ0v) is 11.9. The van der Waals surface area contributed by atoms with E-state index in [1.807, 2.05) is 0 Å². The molecule has 0 aliphatic heterocycles. The Bertz CT molecular complexity index is 729. The summed E-state index contributed by atoms with van der Waals surface area (Å²) in [7, 11) is 0. The molecule has 0 saturated heterocycles. The van der Waals surface area contributed by atoms with Gasteiger partial charge in [0.25, 0.3) is 5.69 Å². The molecule has 1 fully saturated rings. The van der Waals surface area contributed by atoms with Crippen molar-refractivity contribution >= 4 is 23.2 Å². The number of nitro groups is 1. The molecule has 113 valence electrons. The van der Waals surface area contributed by atoms with Crippen LogP contribution < -0.4 is 0 Å². The fraction of sp³-hybridized carbons (Fsp3) is 0. The lowest BCUT2D eigenvalue weighted by molar-refractivity contribution is -0.384. The van der Waals surface area contributed by atoms with Gasteiger partial charge in [-0.3, -0.25) is 14.9 Å². The first kappa shape index (κ1) is 15.1. The second kappa shape index (κ2) is 6.51. The van der Waals surface area contributed by atoms with Crippen molar-refractivity contribution in [3.05, 3.63) is 84.2 Å². The highest BCUT2D eigenvalue weighted by Gasteiger charge is 2.28. The highest BCUT2D eigenvalue weighted by Crippen LogP contribution is 2.28. The average Bonchev–Trinajstić information content (AvgIpc) is 3.25. The van der Waals surface area contributed by atoms with E-state index >= 15 is 0 Å². The lowest BCUT2D eigenvalue weighted by Crippen LogP contribution is -2.16. The van der Waals surface area contributed by atoms with E-state index in [1.54, 1.807) is 43.9 Å². The molecule has 5 radical (unpaired) electrons. The average molecular weight is 307 g/mol. The van der Waals surface area contributed by atoms with Crippen molar-refractivity contribution in [1.29, 1.82) is 0 Å². The molecular weight excluding hydrogens is 296 g/mol. The van der Waals surface area contributed by atoms with Crippen molar-refractivity contribution < 1.29 is 9.72 Å². The lowest BCUT2D eigenvalue weighted by atomic mass is 9.98. The van der Waals surface area contributed by atoms with Crippen molar-refractivity contribution in [2.75, 3.05) is 0 Å². The number of nitrogens with zero attached hydrogens (tertiary/aromatic N) is 4. The van der Waals surface area contributed by atoms with Gasteiger partial charge in [-0.25, -0.2) is 9.67 Å². The van der Waals surface area contributed by atoms with Crippen LogP contribution in [0.2, 0.25) is 0 Å². The van der Waals surface area contributed by atoms with E-state index in [1.165, 1.54) is 29.5 Å². The maximum absolute atomic E-state index is 12.6. The smallest absolute Gasteiger partial charge is 0.269 e. The normalized spacial score (nSPS) is 15.7. The molecule has 7 nitrogen and oxygen atoms in total. The minimum atomic E-state index is -0.471. The summed E-state index contributed by atoms with van der Waals surface area (Å²) in [6.45, 7) is 0. The van der Waals surface area contributed by atoms with Crippen molar-refractivity contribution in [3.63, 3.8) is 0 Å². The van der Waals surface area contributed by atoms with Gasteiger partial charge in [-0.05, 0) is 49.5 Å². The van der Waals surface area contributed by atoms with Crippen LogP contribution in [0.4, 0.5) is 5.69 Å². The minimum absolute atomic E-state index is 0.00758. The molecule has 0 amide bonds. The van der Waals surface area contributed by atoms with Crippen LogP contribution in [0, 0.1) is 41.7 Å². The molecule has 1 saturated carbocycles. The number of carbonyl (C=O) groups is 1. The van der Waals surface area contributed by atoms with Crippen LogP contribution >= 0.6 is 0 Å². The molecule has 1 aromatic heterocycles. The van der Waals surface area contributed by atoms with E-state index in [4.69, 9.17) is 0 Å². The van der Waals surface area contributed by atoms with Gasteiger partial charge in [0, 0.05) is 12.1 Å². The molecule has 0 atom stereocenters. The highest BCUT2D eigenvalue weighted by atomic mass is 16.6. The number of rotatable bonds is 5. The lowest BCUT2D eigenvalue weighted by Gasteiger charge is -2.10. The van der Waals surface area contributed by atoms with E-state index < -0.39 is 4.92 Å². The van der Waals surface area contributed by atoms with Crippen LogP contribution in [0.5, 0.6) is 0 Å². The number of Topliss-reactive ketones (excluding diaryl/α,β-unsaturated/α-hetero) is 1. The van der Waals surface area contributed by atoms with Crippen LogP contribution in [0.3, 0.4) is 0 Å². The van der Waals surface area contributed by atoms with E-state index in [-0.39, 0.29) is 11.5 Å². The Labute approximate surface area is 132 Å². The van der Waals surface area contributed by atoms with E-state index in [9.17, 15) is 14.9 Å². The number of allylic oxidation sites excluding steroid dienone is 1. The molecule has 3 rings (SSSR count). The molecule has 7 heteroatoms. The number of hydrogen-bond donors (Lipinski definition) is 0. The summed E-state index contributed by atoms with van der Waals surface area (Å²) in [5.41, 5.74) is 0.954. The summed E-state index contributed by atoms with van der Waals surface area (Å²) in [4.78, 5) is 26.7. The zero-order chi connectivity index (χ0) is 16.2. The molecule has 2 aromatic rings. The monoisotopic (exact) mass is 307 g/mol. The fourth-order valence-electron chi connectivity index (χ4n) is 2.09. The van der Waals surface area contributed by atoms with Crippen LogP contribution in [-0.4, -0.2) is 25.5 Å². The number of nitro benzene ring substituents is 1. The van der Waals surface area contributed by atoms with Crippen molar-refractivity contribution in [2.45, 2.75) is 0 Å². The molecule has 1 aromatic carbocycles. The van der Waals surface area contributed by atoms with E-state index in [2.05, 4.69) is 10.1 Å². The molecule has 1 heterocycles. The summed E-state index contributed by atoms with van der Waals surface area (Å²) in [5, 5.41) is 14.7. The van der Waals surface area contributed by atoms with Gasteiger partial charge in [-0.2, -0.15) is 5.10 Å². The van der Waals surface area contributed by atoms with Crippen molar-refractivity contribution in [3.8, 4) is 0 Å². The summed E-state index contributed by atoms with van der Waals surface area (Å²) in [6, 6.07) is 5.93. The van der Waals surface area contributed by atoms with Gasteiger partial charge in [0.2, 0.25) is 0 Å². The maximum atomic E-state index is 12.6. The summed E-state index contributed by atoms with van der Waals surface area (Å²) >= 11 is 0. The fourth-order valence-corrected chi connectivity index (χ4v) is 2.09. The first-order valence-electron chi connectivity index (χ1n) is 6.73. The van der Waals surface area contributed by atoms with E-state index in [0.29, 0.717) is 17.2 Å². The van der Waals surface area contributed by atoms with Crippen LogP contribution in [0.1, 0.15) is 5.56 Å². The number of benzene rings is 1. The minimum Gasteiger partial charge on any atom is -0.292 e. The van der Waals surface area contributed by atoms with Gasteiger partial charge in [-0.15, -0.1) is 0 Å². The number of hydrogen-bond acceptors (Lipinski definition) is 5. The second-order valence-electron chi connectivity index (χ2n) is 4.72. The Morgan fingerprint density at radius 1 is 1.17 bits per heavy atom. The topological polar surface area (TPSA) is 90.9 Å². The predicted molar refractivity (Wildman–Crippen MR) is 82.7 cm³/mol. The van der Waals surface area contributed by atoms with Gasteiger partial charge >= 0.3 is 0 Å². The van der Waals surface area contributed by atoms with Crippen LogP contribution in [0.25, 0.3) is 11.8 Å². The molecule has 1 aliphatic carbocycles. The van der Waals surface area contributed by atoms with Crippen molar-refractivity contribution in [1.82, 2.24) is 14.8 Å². The number of non-ortho nitro benzene ring substituents is 1. The third-order valence-corrected chi connectivity index (χ3v) is 3.23. The van der Waals surface area contributed by atoms with Gasteiger partial charge in [-0.1, -0.05) is 0 Å².